The van der Waals surface area contributed by atoms with Crippen molar-refractivity contribution in [2.24, 2.45) is 0 Å². The quantitative estimate of drug-likeness (QED) is 0.0495. The van der Waals surface area contributed by atoms with Crippen LogP contribution in [0.2, 0.25) is 0 Å². The lowest BCUT2D eigenvalue weighted by Crippen LogP contribution is -2.44. The molecule has 2 heterocycles. The van der Waals surface area contributed by atoms with Crippen molar-refractivity contribution >= 4 is 40.7 Å². The van der Waals surface area contributed by atoms with Gasteiger partial charge in [0.05, 0.1) is 17.3 Å². The van der Waals surface area contributed by atoms with Crippen molar-refractivity contribution in [1.82, 2.24) is 25.8 Å². The number of anilines is 1. The lowest BCUT2D eigenvalue weighted by Gasteiger charge is -2.31. The van der Waals surface area contributed by atoms with E-state index in [2.05, 4.69) is 31.2 Å². The monoisotopic (exact) mass is 898 g/mol. The molecule has 5 rings (SSSR count). The molecule has 0 radical (unpaired) electrons. The molecule has 9 N–H and O–H groups in total. The first-order valence-corrected chi connectivity index (χ1v) is 19.5. The minimum Gasteiger partial charge on any atom is -0.506 e. The van der Waals surface area contributed by atoms with Crippen LogP contribution in [0.5, 0.6) is 5.75 Å². The molecule has 0 spiro atoms. The zero-order chi connectivity index (χ0) is 46.6. The molecule has 4 aromatic rings. The summed E-state index contributed by atoms with van der Waals surface area (Å²) in [5.74, 6) is -5.55. The number of alkyl halides is 6. The molecule has 1 aliphatic rings. The van der Waals surface area contributed by atoms with Crippen molar-refractivity contribution in [3.8, 4) is 16.9 Å². The molecule has 1 atom stereocenters. The number of carboxylic acids is 2. The summed E-state index contributed by atoms with van der Waals surface area (Å²) in [6, 6.07) is 23.5. The first-order valence-electron chi connectivity index (χ1n) is 19.5. The number of carbonyl (C=O) groups excluding carboxylic acids is 2. The standard InChI is InChI=1S/C37H46N6O6.2C2HF3O2/c44-32-15-13-29(30-14-16-34(46)42-35(30)32)33(45)25-38-19-7-2-8-20-39-36(47)40-21-24-43-22-17-27(18-23-43)49-37(48)41-31-12-6-5-11-28(31)26-9-3-1-4-10-26;2*3-2(4,5)1(6)7/h1,3-6,9-16,27,33,38,44-45H,2,7-8,17-25H2,(H,41,48)(H,42,46)(H2,39,40,47);2*(H,6,7)/t33-;;/m0../s1. The third-order valence-electron chi connectivity index (χ3n) is 9.17. The lowest BCUT2D eigenvalue weighted by atomic mass is 10.0. The predicted octanol–water partition coefficient (Wildman–Crippen LogP) is 5.97. The number of nitrogens with zero attached hydrogens (tertiary/aromatic N) is 1. The van der Waals surface area contributed by atoms with Gasteiger partial charge in [0.2, 0.25) is 5.56 Å². The second-order valence-electron chi connectivity index (χ2n) is 13.8. The number of rotatable bonds is 15. The van der Waals surface area contributed by atoms with E-state index in [1.807, 2.05) is 54.6 Å². The molecule has 16 nitrogen and oxygen atoms in total. The fourth-order valence-corrected chi connectivity index (χ4v) is 6.05. The summed E-state index contributed by atoms with van der Waals surface area (Å²) in [5.41, 5.74) is 3.31. The third kappa shape index (κ3) is 18.2. The number of aliphatic carboxylic acids is 2. The van der Waals surface area contributed by atoms with E-state index in [0.29, 0.717) is 48.3 Å². The zero-order valence-corrected chi connectivity index (χ0v) is 33.6. The van der Waals surface area contributed by atoms with E-state index in [0.717, 1.165) is 62.9 Å². The average Bonchev–Trinajstić information content (AvgIpc) is 3.23. The number of halogens is 6. The normalized spacial score (nSPS) is 13.6. The number of hydrogen-bond acceptors (Lipinski definition) is 10. The molecule has 1 aliphatic heterocycles. The number of aliphatic hydroxyl groups excluding tert-OH is 1. The van der Waals surface area contributed by atoms with E-state index in [9.17, 15) is 50.9 Å². The van der Waals surface area contributed by atoms with Crippen LogP contribution in [0.3, 0.4) is 0 Å². The van der Waals surface area contributed by atoms with Crippen LogP contribution < -0.4 is 26.8 Å². The Hall–Kier alpha value is -6.39. The van der Waals surface area contributed by atoms with Crippen LogP contribution in [0.15, 0.2) is 83.7 Å². The Morgan fingerprint density at radius 2 is 1.37 bits per heavy atom. The average molecular weight is 899 g/mol. The van der Waals surface area contributed by atoms with Crippen molar-refractivity contribution in [1.29, 1.82) is 0 Å². The number of para-hydroxylation sites is 1. The van der Waals surface area contributed by atoms with Gasteiger partial charge in [-0.1, -0.05) is 61.0 Å². The Morgan fingerprint density at radius 1 is 0.778 bits per heavy atom. The number of fused-ring (bicyclic) bond motifs is 1. The molecule has 22 heteroatoms. The number of phenols is 1. The van der Waals surface area contributed by atoms with E-state index in [1.54, 1.807) is 12.1 Å². The van der Waals surface area contributed by atoms with E-state index in [-0.39, 0.29) is 23.4 Å². The summed E-state index contributed by atoms with van der Waals surface area (Å²) in [6.45, 7) is 4.47. The van der Waals surface area contributed by atoms with Gasteiger partial charge >= 0.3 is 36.4 Å². The number of pyridine rings is 1. The third-order valence-corrected chi connectivity index (χ3v) is 9.17. The smallest absolute Gasteiger partial charge is 0.490 e. The van der Waals surface area contributed by atoms with Crippen LogP contribution in [-0.2, 0) is 14.3 Å². The highest BCUT2D eigenvalue weighted by Crippen LogP contribution is 2.29. The number of unbranched alkanes of at least 4 members (excludes halogenated alkanes) is 2. The number of nitrogens with one attached hydrogen (secondary N) is 5. The van der Waals surface area contributed by atoms with Crippen LogP contribution in [0.1, 0.15) is 43.8 Å². The van der Waals surface area contributed by atoms with Crippen LogP contribution in [0.25, 0.3) is 22.0 Å². The van der Waals surface area contributed by atoms with Crippen molar-refractivity contribution in [3.63, 3.8) is 0 Å². The number of aliphatic hydroxyl groups is 1. The molecular weight excluding hydrogens is 850 g/mol. The number of carbonyl (C=O) groups is 4. The second kappa shape index (κ2) is 24.9. The van der Waals surface area contributed by atoms with E-state index < -0.39 is 36.5 Å². The Bertz CT molecular complexity index is 2130. The topological polar surface area (TPSA) is 243 Å². The molecule has 0 bridgehead atoms. The van der Waals surface area contributed by atoms with Crippen molar-refractivity contribution in [2.45, 2.75) is 56.7 Å². The van der Waals surface area contributed by atoms with Crippen molar-refractivity contribution in [3.05, 3.63) is 94.8 Å². The maximum absolute atomic E-state index is 12.7. The fraction of sp³-hybridized carbons (Fsp3) is 0.390. The summed E-state index contributed by atoms with van der Waals surface area (Å²) in [6.07, 6.45) is -7.43. The maximum atomic E-state index is 12.7. The molecular formula is C41H48F6N6O10. The highest BCUT2D eigenvalue weighted by Gasteiger charge is 2.39. The minimum atomic E-state index is -5.08. The van der Waals surface area contributed by atoms with Gasteiger partial charge in [0.25, 0.3) is 0 Å². The summed E-state index contributed by atoms with van der Waals surface area (Å²) in [4.78, 5) is 59.2. The lowest BCUT2D eigenvalue weighted by molar-refractivity contribution is -0.193. The molecule has 0 aliphatic carbocycles. The Kier molecular flexibility index (Phi) is 20.1. The Morgan fingerprint density at radius 3 is 2.00 bits per heavy atom. The Balaban J connectivity index is 0.000000650. The summed E-state index contributed by atoms with van der Waals surface area (Å²) >= 11 is 0. The zero-order valence-electron chi connectivity index (χ0n) is 33.6. The molecule has 3 amide bonds. The molecule has 1 fully saturated rings. The van der Waals surface area contributed by atoms with Crippen molar-refractivity contribution < 1.29 is 70.7 Å². The number of hydrogen-bond donors (Lipinski definition) is 9. The number of phenolic OH excluding ortho intramolecular Hbond substituents is 1. The molecule has 1 aromatic heterocycles. The minimum absolute atomic E-state index is 0.0356. The van der Waals surface area contributed by atoms with Crippen LogP contribution in [0, 0.1) is 0 Å². The predicted molar refractivity (Wildman–Crippen MR) is 218 cm³/mol. The fourth-order valence-electron chi connectivity index (χ4n) is 6.05. The number of aromatic nitrogens is 1. The number of aromatic hydroxyl groups is 1. The first-order chi connectivity index (χ1) is 29.8. The highest BCUT2D eigenvalue weighted by molar-refractivity contribution is 5.91. The maximum Gasteiger partial charge on any atom is 0.490 e. The van der Waals surface area contributed by atoms with E-state index >= 15 is 0 Å². The summed E-state index contributed by atoms with van der Waals surface area (Å²) < 4.78 is 69.2. The molecule has 344 valence electrons. The van der Waals surface area contributed by atoms with Gasteiger partial charge in [-0.3, -0.25) is 10.1 Å². The first kappa shape index (κ1) is 51.0. The number of ether oxygens (including phenoxy) is 1. The number of likely N-dealkylation sites (tertiary alicyclic amines) is 1. The van der Waals surface area contributed by atoms with E-state index in [4.69, 9.17) is 24.5 Å². The SMILES string of the molecule is O=C(NCCCCCNC[C@H](O)c1ccc(O)c2[nH]c(=O)ccc12)NCCN1CCC(OC(=O)Nc2ccccc2-c2ccccc2)CC1.O=C(O)C(F)(F)F.O=C(O)C(F)(F)F. The number of aromatic amines is 1. The van der Waals surface area contributed by atoms with Gasteiger partial charge in [-0.2, -0.15) is 26.3 Å². The van der Waals surface area contributed by atoms with Crippen LogP contribution in [-0.4, -0.2) is 119 Å². The second-order valence-corrected chi connectivity index (χ2v) is 13.8. The largest absolute Gasteiger partial charge is 0.506 e. The molecule has 0 unspecified atom stereocenters. The van der Waals surface area contributed by atoms with Crippen LogP contribution >= 0.6 is 0 Å². The number of benzene rings is 3. The highest BCUT2D eigenvalue weighted by atomic mass is 19.4. The van der Waals surface area contributed by atoms with E-state index in [1.165, 1.54) is 12.1 Å². The molecule has 1 saturated heterocycles. The van der Waals surface area contributed by atoms with Gasteiger partial charge in [0.1, 0.15) is 11.9 Å². The number of H-pyrrole nitrogens is 1. The van der Waals surface area contributed by atoms with Gasteiger partial charge in [-0.25, -0.2) is 19.2 Å². The molecule has 0 saturated carbocycles. The van der Waals surface area contributed by atoms with Crippen molar-refractivity contribution in [2.75, 3.05) is 51.1 Å². The molecule has 63 heavy (non-hydrogen) atoms. The van der Waals surface area contributed by atoms with Gasteiger partial charge in [-0.15, -0.1) is 0 Å². The van der Waals surface area contributed by atoms with Gasteiger partial charge in [0.15, 0.2) is 0 Å². The Labute approximate surface area is 356 Å². The molecule has 3 aromatic carbocycles. The van der Waals surface area contributed by atoms with Gasteiger partial charge in [-0.05, 0) is 61.6 Å². The van der Waals surface area contributed by atoms with Crippen LogP contribution in [0.4, 0.5) is 41.6 Å². The summed E-state index contributed by atoms with van der Waals surface area (Å²) in [5, 5.41) is 47.5. The summed E-state index contributed by atoms with van der Waals surface area (Å²) in [7, 11) is 0. The number of amides is 3. The van der Waals surface area contributed by atoms with Gasteiger partial charge < -0.3 is 51.0 Å². The van der Waals surface area contributed by atoms with Gasteiger partial charge in [0, 0.05) is 56.3 Å². The number of urea groups is 1. The number of carboxylic acid groups (broad SMARTS) is 2. The number of piperidine rings is 1.